The van der Waals surface area contributed by atoms with Gasteiger partial charge in [-0.25, -0.2) is 0 Å². The lowest BCUT2D eigenvalue weighted by atomic mass is 9.69. The van der Waals surface area contributed by atoms with Crippen molar-refractivity contribution < 1.29 is 10.2 Å². The lowest BCUT2D eigenvalue weighted by Gasteiger charge is -2.37. The molecule has 22 heavy (non-hydrogen) atoms. The minimum Gasteiger partial charge on any atom is -0.396 e. The number of hydrogen-bond donors (Lipinski definition) is 2. The second-order valence-electron chi connectivity index (χ2n) is 8.68. The van der Waals surface area contributed by atoms with E-state index in [9.17, 15) is 10.2 Å². The number of hydrogen-bond acceptors (Lipinski definition) is 2. The zero-order valence-corrected chi connectivity index (χ0v) is 15.2. The monoisotopic (exact) mass is 308 g/mol. The van der Waals surface area contributed by atoms with Gasteiger partial charge in [-0.15, -0.1) is 0 Å². The largest absolute Gasteiger partial charge is 0.396 e. The molecule has 0 amide bonds. The summed E-state index contributed by atoms with van der Waals surface area (Å²) in [5.41, 5.74) is 3.39. The molecular formula is C20H36O2. The molecule has 0 radical (unpaired) electrons. The van der Waals surface area contributed by atoms with Crippen LogP contribution in [0.15, 0.2) is 11.1 Å². The Morgan fingerprint density at radius 1 is 1.18 bits per heavy atom. The van der Waals surface area contributed by atoms with Crippen molar-refractivity contribution in [3.05, 3.63) is 11.1 Å². The second-order valence-corrected chi connectivity index (χ2v) is 8.68. The lowest BCUT2D eigenvalue weighted by molar-refractivity contribution is 0.0832. The molecule has 2 heteroatoms. The minimum atomic E-state index is 0.234. The molecule has 0 spiro atoms. The molecule has 0 aromatic rings. The molecule has 0 saturated heterocycles. The van der Waals surface area contributed by atoms with Crippen LogP contribution in [0.2, 0.25) is 0 Å². The van der Waals surface area contributed by atoms with Crippen molar-refractivity contribution in [1.82, 2.24) is 0 Å². The molecule has 2 rings (SSSR count). The first kappa shape index (κ1) is 18.0. The molecule has 0 heterocycles. The summed E-state index contributed by atoms with van der Waals surface area (Å²) in [6, 6.07) is 0. The van der Waals surface area contributed by atoms with Gasteiger partial charge in [0.15, 0.2) is 0 Å². The van der Waals surface area contributed by atoms with Gasteiger partial charge in [0.25, 0.3) is 0 Å². The first-order valence-corrected chi connectivity index (χ1v) is 9.24. The van der Waals surface area contributed by atoms with Crippen LogP contribution in [-0.2, 0) is 0 Å². The molecule has 2 nitrogen and oxygen atoms in total. The van der Waals surface area contributed by atoms with Crippen LogP contribution in [0.5, 0.6) is 0 Å². The Hall–Kier alpha value is -0.340. The fourth-order valence-corrected chi connectivity index (χ4v) is 5.27. The van der Waals surface area contributed by atoms with E-state index in [0.29, 0.717) is 36.2 Å². The fourth-order valence-electron chi connectivity index (χ4n) is 5.27. The second kappa shape index (κ2) is 7.05. The maximum atomic E-state index is 10.0. The highest BCUT2D eigenvalue weighted by Crippen LogP contribution is 2.55. The fraction of sp³-hybridized carbons (Fsp3) is 0.900. The van der Waals surface area contributed by atoms with Crippen molar-refractivity contribution in [2.24, 2.45) is 35.0 Å². The topological polar surface area (TPSA) is 40.5 Å². The van der Waals surface area contributed by atoms with E-state index in [1.807, 2.05) is 0 Å². The van der Waals surface area contributed by atoms with E-state index in [-0.39, 0.29) is 12.0 Å². The van der Waals surface area contributed by atoms with Crippen LogP contribution < -0.4 is 0 Å². The quantitative estimate of drug-likeness (QED) is 0.713. The van der Waals surface area contributed by atoms with Crippen LogP contribution >= 0.6 is 0 Å². The predicted molar refractivity (Wildman–Crippen MR) is 92.5 cm³/mol. The molecule has 0 unspecified atom stereocenters. The third kappa shape index (κ3) is 3.28. The van der Waals surface area contributed by atoms with Crippen molar-refractivity contribution in [2.75, 3.05) is 13.2 Å². The van der Waals surface area contributed by atoms with E-state index in [0.717, 1.165) is 6.42 Å². The van der Waals surface area contributed by atoms with Crippen LogP contribution in [0.25, 0.3) is 0 Å². The summed E-state index contributed by atoms with van der Waals surface area (Å²) < 4.78 is 0. The van der Waals surface area contributed by atoms with E-state index in [1.54, 1.807) is 11.1 Å². The van der Waals surface area contributed by atoms with Crippen LogP contribution in [0.3, 0.4) is 0 Å². The van der Waals surface area contributed by atoms with Crippen LogP contribution in [-0.4, -0.2) is 23.4 Å². The Bertz CT molecular complexity index is 412. The molecule has 2 aliphatic carbocycles. The summed E-state index contributed by atoms with van der Waals surface area (Å²) in [5, 5.41) is 19.6. The standard InChI is InChI=1S/C20H36O2/c1-13(2)16-8-9-20(5,19(16)12-22)10-18-14(3)6-7-17(18)15(4)11-21/h13,15-17,19,21-22H,6-12H2,1-5H3/t15-,16+,17-,19-,20+/m0/s1. The van der Waals surface area contributed by atoms with Crippen LogP contribution in [0.4, 0.5) is 0 Å². The van der Waals surface area contributed by atoms with Gasteiger partial charge in [-0.1, -0.05) is 38.8 Å². The van der Waals surface area contributed by atoms with Crippen LogP contribution in [0, 0.1) is 35.0 Å². The van der Waals surface area contributed by atoms with Gasteiger partial charge >= 0.3 is 0 Å². The minimum absolute atomic E-state index is 0.234. The maximum absolute atomic E-state index is 10.0. The number of aliphatic hydroxyl groups is 2. The van der Waals surface area contributed by atoms with Crippen molar-refractivity contribution in [1.29, 1.82) is 0 Å². The van der Waals surface area contributed by atoms with Gasteiger partial charge in [-0.05, 0) is 74.0 Å². The first-order chi connectivity index (χ1) is 10.3. The summed E-state index contributed by atoms with van der Waals surface area (Å²) in [5.74, 6) is 2.67. The molecule has 5 atom stereocenters. The Labute approximate surface area is 137 Å². The molecule has 0 aromatic heterocycles. The van der Waals surface area contributed by atoms with Crippen LogP contribution in [0.1, 0.15) is 66.7 Å². The van der Waals surface area contributed by atoms with E-state index < -0.39 is 0 Å². The maximum Gasteiger partial charge on any atom is 0.0467 e. The number of rotatable bonds is 6. The molecule has 128 valence electrons. The average molecular weight is 309 g/mol. The highest BCUT2D eigenvalue weighted by atomic mass is 16.3. The molecule has 0 bridgehead atoms. The third-order valence-corrected chi connectivity index (χ3v) is 6.91. The molecule has 0 aromatic carbocycles. The Balaban J connectivity index is 2.19. The molecule has 2 aliphatic rings. The molecular weight excluding hydrogens is 272 g/mol. The molecule has 0 aliphatic heterocycles. The number of aliphatic hydroxyl groups excluding tert-OH is 2. The predicted octanol–water partition coefficient (Wildman–Crippen LogP) is 4.41. The Morgan fingerprint density at radius 2 is 1.86 bits per heavy atom. The smallest absolute Gasteiger partial charge is 0.0467 e. The summed E-state index contributed by atoms with van der Waals surface area (Å²) in [4.78, 5) is 0. The van der Waals surface area contributed by atoms with Gasteiger partial charge in [-0.3, -0.25) is 0 Å². The van der Waals surface area contributed by atoms with Gasteiger partial charge in [0.2, 0.25) is 0 Å². The van der Waals surface area contributed by atoms with Gasteiger partial charge in [-0.2, -0.15) is 0 Å². The van der Waals surface area contributed by atoms with Crippen molar-refractivity contribution in [2.45, 2.75) is 66.7 Å². The van der Waals surface area contributed by atoms with E-state index >= 15 is 0 Å². The van der Waals surface area contributed by atoms with Gasteiger partial charge in [0, 0.05) is 13.2 Å². The van der Waals surface area contributed by atoms with Gasteiger partial charge in [0.05, 0.1) is 0 Å². The molecule has 2 N–H and O–H groups in total. The number of allylic oxidation sites excluding steroid dienone is 2. The summed E-state index contributed by atoms with van der Waals surface area (Å²) in [6.07, 6.45) is 6.01. The zero-order chi connectivity index (χ0) is 16.5. The summed E-state index contributed by atoms with van der Waals surface area (Å²) in [7, 11) is 0. The van der Waals surface area contributed by atoms with Crippen molar-refractivity contribution in [3.8, 4) is 0 Å². The van der Waals surface area contributed by atoms with Crippen molar-refractivity contribution in [3.63, 3.8) is 0 Å². The van der Waals surface area contributed by atoms with Gasteiger partial charge in [0.1, 0.15) is 0 Å². The third-order valence-electron chi connectivity index (χ3n) is 6.91. The Morgan fingerprint density at radius 3 is 2.41 bits per heavy atom. The highest BCUT2D eigenvalue weighted by Gasteiger charge is 2.47. The summed E-state index contributed by atoms with van der Waals surface area (Å²) in [6.45, 7) is 12.1. The summed E-state index contributed by atoms with van der Waals surface area (Å²) >= 11 is 0. The van der Waals surface area contributed by atoms with E-state index in [2.05, 4.69) is 34.6 Å². The van der Waals surface area contributed by atoms with E-state index in [1.165, 1.54) is 25.7 Å². The Kier molecular flexibility index (Phi) is 5.77. The zero-order valence-electron chi connectivity index (χ0n) is 15.2. The first-order valence-electron chi connectivity index (χ1n) is 9.24. The average Bonchev–Trinajstić information content (AvgIpc) is 2.99. The van der Waals surface area contributed by atoms with Crippen molar-refractivity contribution >= 4 is 0 Å². The molecule has 1 fully saturated rings. The SMILES string of the molecule is CC1=C(C[C@@]2(C)CC[C@H](C(C)C)[C@@H]2CO)[C@H]([C@@H](C)CO)CC1. The van der Waals surface area contributed by atoms with Gasteiger partial charge < -0.3 is 10.2 Å². The normalized spacial score (nSPS) is 37.4. The molecule has 1 saturated carbocycles. The highest BCUT2D eigenvalue weighted by molar-refractivity contribution is 5.24. The van der Waals surface area contributed by atoms with E-state index in [4.69, 9.17) is 0 Å². The lowest BCUT2D eigenvalue weighted by Crippen LogP contribution is -2.32.